The number of thiazole rings is 1. The standard InChI is InChI=1S/C14H24N2S/c1-2-12-4-3-5-13(7-6-12)15-9-8-14-10-17-11-16-14/h10-13,15H,2-9H2,1H3. The smallest absolute Gasteiger partial charge is 0.0794 e. The highest BCUT2D eigenvalue weighted by atomic mass is 32.1. The molecule has 1 heterocycles. The molecule has 2 rings (SSSR count). The predicted molar refractivity (Wildman–Crippen MR) is 74.5 cm³/mol. The molecule has 1 aliphatic rings. The van der Waals surface area contributed by atoms with Gasteiger partial charge in [-0.15, -0.1) is 11.3 Å². The average molecular weight is 252 g/mol. The van der Waals surface area contributed by atoms with E-state index in [-0.39, 0.29) is 0 Å². The van der Waals surface area contributed by atoms with Crippen LogP contribution in [0.1, 0.15) is 51.1 Å². The summed E-state index contributed by atoms with van der Waals surface area (Å²) < 4.78 is 0. The molecule has 1 fully saturated rings. The van der Waals surface area contributed by atoms with Gasteiger partial charge < -0.3 is 5.32 Å². The lowest BCUT2D eigenvalue weighted by Crippen LogP contribution is -2.30. The Balaban J connectivity index is 1.65. The lowest BCUT2D eigenvalue weighted by atomic mass is 9.98. The first-order chi connectivity index (χ1) is 8.38. The van der Waals surface area contributed by atoms with E-state index in [1.165, 1.54) is 44.2 Å². The van der Waals surface area contributed by atoms with Gasteiger partial charge in [0.05, 0.1) is 11.2 Å². The fraction of sp³-hybridized carbons (Fsp3) is 0.786. The van der Waals surface area contributed by atoms with Gasteiger partial charge in [0.15, 0.2) is 0 Å². The fourth-order valence-electron chi connectivity index (χ4n) is 2.76. The number of aromatic nitrogens is 1. The Labute approximate surface area is 109 Å². The normalized spacial score (nSPS) is 25.7. The summed E-state index contributed by atoms with van der Waals surface area (Å²) in [6, 6.07) is 0.755. The molecule has 0 bridgehead atoms. The summed E-state index contributed by atoms with van der Waals surface area (Å²) in [5, 5.41) is 5.86. The molecule has 2 nitrogen and oxygen atoms in total. The lowest BCUT2D eigenvalue weighted by Gasteiger charge is -2.16. The van der Waals surface area contributed by atoms with Crippen molar-refractivity contribution >= 4 is 11.3 Å². The summed E-state index contributed by atoms with van der Waals surface area (Å²) >= 11 is 1.69. The Bertz CT molecular complexity index is 297. The zero-order valence-corrected chi connectivity index (χ0v) is 11.6. The van der Waals surface area contributed by atoms with E-state index in [4.69, 9.17) is 0 Å². The van der Waals surface area contributed by atoms with Crippen LogP contribution in [0, 0.1) is 5.92 Å². The van der Waals surface area contributed by atoms with Crippen molar-refractivity contribution in [2.45, 2.75) is 57.9 Å². The Kier molecular flexibility index (Phi) is 5.46. The van der Waals surface area contributed by atoms with Crippen LogP contribution in [0.25, 0.3) is 0 Å². The maximum Gasteiger partial charge on any atom is 0.0794 e. The molecule has 1 aromatic rings. The van der Waals surface area contributed by atoms with Gasteiger partial charge in [-0.3, -0.25) is 0 Å². The van der Waals surface area contributed by atoms with Crippen LogP contribution in [0.2, 0.25) is 0 Å². The predicted octanol–water partition coefficient (Wildman–Crippen LogP) is 3.63. The van der Waals surface area contributed by atoms with Gasteiger partial charge in [-0.05, 0) is 25.2 Å². The molecule has 17 heavy (non-hydrogen) atoms. The highest BCUT2D eigenvalue weighted by Gasteiger charge is 2.16. The molecule has 2 unspecified atom stereocenters. The Morgan fingerprint density at radius 1 is 1.35 bits per heavy atom. The zero-order valence-electron chi connectivity index (χ0n) is 10.8. The van der Waals surface area contributed by atoms with E-state index >= 15 is 0 Å². The number of nitrogens with zero attached hydrogens (tertiary/aromatic N) is 1. The molecule has 0 saturated heterocycles. The number of hydrogen-bond acceptors (Lipinski definition) is 3. The van der Waals surface area contributed by atoms with E-state index in [2.05, 4.69) is 22.6 Å². The molecule has 96 valence electrons. The van der Waals surface area contributed by atoms with Crippen LogP contribution in [0.15, 0.2) is 10.9 Å². The van der Waals surface area contributed by atoms with Gasteiger partial charge in [0, 0.05) is 24.4 Å². The minimum absolute atomic E-state index is 0.755. The van der Waals surface area contributed by atoms with Gasteiger partial charge in [-0.1, -0.05) is 26.2 Å². The van der Waals surface area contributed by atoms with Crippen LogP contribution < -0.4 is 5.32 Å². The van der Waals surface area contributed by atoms with Crippen molar-refractivity contribution in [2.24, 2.45) is 5.92 Å². The monoisotopic (exact) mass is 252 g/mol. The van der Waals surface area contributed by atoms with Crippen LogP contribution in [0.5, 0.6) is 0 Å². The lowest BCUT2D eigenvalue weighted by molar-refractivity contribution is 0.426. The average Bonchev–Trinajstić information content (AvgIpc) is 2.75. The quantitative estimate of drug-likeness (QED) is 0.809. The van der Waals surface area contributed by atoms with Gasteiger partial charge in [-0.25, -0.2) is 4.98 Å². The molecule has 0 amide bonds. The molecular formula is C14H24N2S. The summed E-state index contributed by atoms with van der Waals surface area (Å²) in [7, 11) is 0. The van der Waals surface area contributed by atoms with E-state index in [0.717, 1.165) is 24.9 Å². The van der Waals surface area contributed by atoms with Crippen LogP contribution >= 0.6 is 11.3 Å². The second-order valence-electron chi connectivity index (χ2n) is 5.16. The maximum atomic E-state index is 4.32. The van der Waals surface area contributed by atoms with Gasteiger partial charge in [0.25, 0.3) is 0 Å². The van der Waals surface area contributed by atoms with Gasteiger partial charge in [0.1, 0.15) is 0 Å². The molecule has 1 aromatic heterocycles. The third-order valence-electron chi connectivity index (χ3n) is 3.96. The highest BCUT2D eigenvalue weighted by molar-refractivity contribution is 7.07. The Hall–Kier alpha value is -0.410. The first-order valence-electron chi connectivity index (χ1n) is 6.99. The van der Waals surface area contributed by atoms with Crippen LogP contribution in [0.3, 0.4) is 0 Å². The first-order valence-corrected chi connectivity index (χ1v) is 7.93. The third-order valence-corrected chi connectivity index (χ3v) is 4.60. The summed E-state index contributed by atoms with van der Waals surface area (Å²) in [5.74, 6) is 0.986. The van der Waals surface area contributed by atoms with Crippen molar-refractivity contribution in [2.75, 3.05) is 6.54 Å². The molecule has 2 atom stereocenters. The van der Waals surface area contributed by atoms with Crippen molar-refractivity contribution in [3.05, 3.63) is 16.6 Å². The highest BCUT2D eigenvalue weighted by Crippen LogP contribution is 2.25. The summed E-state index contributed by atoms with van der Waals surface area (Å²) in [4.78, 5) is 4.32. The summed E-state index contributed by atoms with van der Waals surface area (Å²) in [5.41, 5.74) is 3.16. The van der Waals surface area contributed by atoms with Crippen LogP contribution in [0.4, 0.5) is 0 Å². The molecule has 0 radical (unpaired) electrons. The topological polar surface area (TPSA) is 24.9 Å². The number of nitrogens with one attached hydrogen (secondary N) is 1. The number of hydrogen-bond donors (Lipinski definition) is 1. The number of rotatable bonds is 5. The molecule has 1 N–H and O–H groups in total. The van der Waals surface area contributed by atoms with Crippen LogP contribution in [-0.4, -0.2) is 17.6 Å². The first kappa shape index (κ1) is 13.0. The summed E-state index contributed by atoms with van der Waals surface area (Å²) in [6.07, 6.45) is 9.46. The third kappa shape index (κ3) is 4.40. The van der Waals surface area contributed by atoms with E-state index in [0.29, 0.717) is 0 Å². The SMILES string of the molecule is CCC1CCCC(NCCc2cscn2)CC1. The van der Waals surface area contributed by atoms with E-state index in [1.807, 2.05) is 5.51 Å². The van der Waals surface area contributed by atoms with Crippen molar-refractivity contribution in [1.29, 1.82) is 0 Å². The van der Waals surface area contributed by atoms with Gasteiger partial charge >= 0.3 is 0 Å². The van der Waals surface area contributed by atoms with Crippen molar-refractivity contribution in [3.8, 4) is 0 Å². The molecule has 1 aliphatic carbocycles. The molecule has 0 aromatic carbocycles. The fourth-order valence-corrected chi connectivity index (χ4v) is 3.35. The van der Waals surface area contributed by atoms with Gasteiger partial charge in [0.2, 0.25) is 0 Å². The molecular weight excluding hydrogens is 228 g/mol. The second kappa shape index (κ2) is 7.12. The van der Waals surface area contributed by atoms with E-state index in [9.17, 15) is 0 Å². The minimum atomic E-state index is 0.755. The van der Waals surface area contributed by atoms with Crippen molar-refractivity contribution in [1.82, 2.24) is 10.3 Å². The molecule has 0 spiro atoms. The summed E-state index contributed by atoms with van der Waals surface area (Å²) in [6.45, 7) is 3.42. The van der Waals surface area contributed by atoms with Gasteiger partial charge in [-0.2, -0.15) is 0 Å². The Morgan fingerprint density at radius 2 is 2.29 bits per heavy atom. The molecule has 0 aliphatic heterocycles. The van der Waals surface area contributed by atoms with E-state index < -0.39 is 0 Å². The largest absolute Gasteiger partial charge is 0.314 e. The Morgan fingerprint density at radius 3 is 3.06 bits per heavy atom. The molecule has 3 heteroatoms. The minimum Gasteiger partial charge on any atom is -0.314 e. The van der Waals surface area contributed by atoms with E-state index in [1.54, 1.807) is 11.3 Å². The maximum absolute atomic E-state index is 4.32. The van der Waals surface area contributed by atoms with Crippen LogP contribution in [-0.2, 0) is 6.42 Å². The second-order valence-corrected chi connectivity index (χ2v) is 5.88. The zero-order chi connectivity index (χ0) is 11.9. The van der Waals surface area contributed by atoms with Crippen molar-refractivity contribution in [3.63, 3.8) is 0 Å². The van der Waals surface area contributed by atoms with Crippen molar-refractivity contribution < 1.29 is 0 Å². The molecule has 1 saturated carbocycles.